The largest absolute Gasteiger partial charge is 0.332 e. The minimum Gasteiger partial charge on any atom is -0.332 e. The van der Waals surface area contributed by atoms with Crippen LogP contribution in [0.25, 0.3) is 0 Å². The lowest BCUT2D eigenvalue weighted by molar-refractivity contribution is 0.167. The van der Waals surface area contributed by atoms with Crippen LogP contribution in [-0.4, -0.2) is 39.6 Å². The molecule has 0 spiro atoms. The third kappa shape index (κ3) is 3.57. The average molecular weight is 264 g/mol. The molecule has 1 aliphatic heterocycles. The Morgan fingerprint density at radius 1 is 1.37 bits per heavy atom. The monoisotopic (exact) mass is 264 g/mol. The topological polar surface area (TPSA) is 33.1 Å². The molecule has 2 rings (SSSR count). The lowest BCUT2D eigenvalue weighted by Crippen LogP contribution is -2.39. The van der Waals surface area contributed by atoms with Crippen molar-refractivity contribution < 1.29 is 0 Å². The Hall–Kier alpha value is -0.870. The smallest absolute Gasteiger partial charge is 0.0949 e. The van der Waals surface area contributed by atoms with E-state index in [2.05, 4.69) is 47.5 Å². The summed E-state index contributed by atoms with van der Waals surface area (Å²) >= 11 is 0. The van der Waals surface area contributed by atoms with Crippen LogP contribution in [0.3, 0.4) is 0 Å². The normalized spacial score (nSPS) is 20.1. The molecule has 0 saturated carbocycles. The van der Waals surface area contributed by atoms with Crippen LogP contribution in [0.15, 0.2) is 12.5 Å². The van der Waals surface area contributed by atoms with E-state index in [1.807, 2.05) is 12.5 Å². The Bertz CT molecular complexity index is 369. The molecule has 4 nitrogen and oxygen atoms in total. The summed E-state index contributed by atoms with van der Waals surface area (Å²) in [4.78, 5) is 6.87. The quantitative estimate of drug-likeness (QED) is 0.856. The lowest BCUT2D eigenvalue weighted by Gasteiger charge is -2.31. The van der Waals surface area contributed by atoms with E-state index in [-0.39, 0.29) is 0 Å². The van der Waals surface area contributed by atoms with Crippen LogP contribution in [0.4, 0.5) is 0 Å². The fourth-order valence-corrected chi connectivity index (χ4v) is 3.08. The zero-order chi connectivity index (χ0) is 13.8. The van der Waals surface area contributed by atoms with Crippen LogP contribution in [0.2, 0.25) is 0 Å². The molecule has 2 heterocycles. The molecule has 0 bridgehead atoms. The van der Waals surface area contributed by atoms with E-state index in [4.69, 9.17) is 0 Å². The molecule has 1 N–H and O–H groups in total. The Kier molecular flexibility index (Phi) is 4.99. The van der Waals surface area contributed by atoms with Gasteiger partial charge in [0.2, 0.25) is 0 Å². The van der Waals surface area contributed by atoms with Crippen LogP contribution >= 0.6 is 0 Å². The van der Waals surface area contributed by atoms with Gasteiger partial charge in [-0.05, 0) is 47.1 Å². The van der Waals surface area contributed by atoms with Crippen molar-refractivity contribution in [1.29, 1.82) is 0 Å². The summed E-state index contributed by atoms with van der Waals surface area (Å²) in [5.41, 5.74) is 1.35. The number of nitrogens with one attached hydrogen (secondary N) is 1. The highest BCUT2D eigenvalue weighted by atomic mass is 15.2. The summed E-state index contributed by atoms with van der Waals surface area (Å²) in [6.45, 7) is 12.3. The standard InChI is InChI=1S/C15H28N4/c1-12(2)19(13(3)4)9-8-18-11-16-10-15(18)14-6-5-7-17-14/h10-14,17H,5-9H2,1-4H3/t14-/m0/s1. The summed E-state index contributed by atoms with van der Waals surface area (Å²) in [5, 5.41) is 3.56. The minimum absolute atomic E-state index is 0.508. The summed E-state index contributed by atoms with van der Waals surface area (Å²) in [6, 6.07) is 1.70. The van der Waals surface area contributed by atoms with E-state index in [0.29, 0.717) is 18.1 Å². The molecule has 1 aliphatic rings. The molecule has 0 radical (unpaired) electrons. The number of aromatic nitrogens is 2. The predicted octanol–water partition coefficient (Wildman–Crippen LogP) is 2.43. The van der Waals surface area contributed by atoms with E-state index in [1.165, 1.54) is 18.5 Å². The zero-order valence-electron chi connectivity index (χ0n) is 12.8. The Balaban J connectivity index is 1.97. The second kappa shape index (κ2) is 6.53. The number of rotatable bonds is 6. The molecule has 1 atom stereocenters. The molecule has 0 aliphatic carbocycles. The maximum absolute atomic E-state index is 4.34. The first-order valence-electron chi connectivity index (χ1n) is 7.58. The fraction of sp³-hybridized carbons (Fsp3) is 0.800. The van der Waals surface area contributed by atoms with Crippen molar-refractivity contribution in [1.82, 2.24) is 19.8 Å². The van der Waals surface area contributed by atoms with Gasteiger partial charge in [0.05, 0.1) is 12.0 Å². The molecule has 108 valence electrons. The maximum atomic E-state index is 4.34. The molecule has 1 saturated heterocycles. The Labute approximate surface area is 117 Å². The first-order valence-corrected chi connectivity index (χ1v) is 7.58. The van der Waals surface area contributed by atoms with Gasteiger partial charge in [-0.25, -0.2) is 4.98 Å². The van der Waals surface area contributed by atoms with Crippen molar-refractivity contribution in [3.8, 4) is 0 Å². The average Bonchev–Trinajstić information content (AvgIpc) is 2.97. The van der Waals surface area contributed by atoms with E-state index >= 15 is 0 Å². The molecule has 4 heteroatoms. The number of hydrogen-bond donors (Lipinski definition) is 1. The predicted molar refractivity (Wildman–Crippen MR) is 79.2 cm³/mol. The second-order valence-electron chi connectivity index (χ2n) is 6.09. The highest BCUT2D eigenvalue weighted by molar-refractivity contribution is 5.07. The molecular weight excluding hydrogens is 236 g/mol. The van der Waals surface area contributed by atoms with Crippen LogP contribution < -0.4 is 5.32 Å². The van der Waals surface area contributed by atoms with Crippen LogP contribution in [0, 0.1) is 0 Å². The van der Waals surface area contributed by atoms with Gasteiger partial charge in [0.15, 0.2) is 0 Å². The van der Waals surface area contributed by atoms with Crippen molar-refractivity contribution in [3.05, 3.63) is 18.2 Å². The maximum Gasteiger partial charge on any atom is 0.0949 e. The number of nitrogens with zero attached hydrogens (tertiary/aromatic N) is 3. The van der Waals surface area contributed by atoms with E-state index in [9.17, 15) is 0 Å². The third-order valence-corrected chi connectivity index (χ3v) is 4.09. The van der Waals surface area contributed by atoms with Gasteiger partial charge < -0.3 is 9.88 Å². The van der Waals surface area contributed by atoms with Gasteiger partial charge in [0, 0.05) is 37.4 Å². The van der Waals surface area contributed by atoms with E-state index < -0.39 is 0 Å². The van der Waals surface area contributed by atoms with Gasteiger partial charge in [-0.2, -0.15) is 0 Å². The molecule has 1 aromatic rings. The molecule has 0 amide bonds. The van der Waals surface area contributed by atoms with Crippen LogP contribution in [0.1, 0.15) is 52.3 Å². The molecule has 1 aromatic heterocycles. The Morgan fingerprint density at radius 2 is 2.11 bits per heavy atom. The Morgan fingerprint density at radius 3 is 2.68 bits per heavy atom. The fourth-order valence-electron chi connectivity index (χ4n) is 3.08. The summed E-state index contributed by atoms with van der Waals surface area (Å²) in [5.74, 6) is 0. The summed E-state index contributed by atoms with van der Waals surface area (Å²) in [7, 11) is 0. The van der Waals surface area contributed by atoms with Crippen LogP contribution in [0.5, 0.6) is 0 Å². The number of imidazole rings is 1. The SMILES string of the molecule is CC(C)N(CCn1cncc1[C@@H]1CCCN1)C(C)C. The third-order valence-electron chi connectivity index (χ3n) is 4.09. The molecule has 19 heavy (non-hydrogen) atoms. The van der Waals surface area contributed by atoms with E-state index in [0.717, 1.165) is 19.6 Å². The van der Waals surface area contributed by atoms with Crippen LogP contribution in [-0.2, 0) is 6.54 Å². The summed E-state index contributed by atoms with van der Waals surface area (Å²) < 4.78 is 2.32. The van der Waals surface area contributed by atoms with Gasteiger partial charge in [-0.1, -0.05) is 0 Å². The van der Waals surface area contributed by atoms with Gasteiger partial charge in [-0.15, -0.1) is 0 Å². The van der Waals surface area contributed by atoms with Crippen molar-refractivity contribution in [3.63, 3.8) is 0 Å². The first-order chi connectivity index (χ1) is 9.09. The highest BCUT2D eigenvalue weighted by Gasteiger charge is 2.20. The van der Waals surface area contributed by atoms with Gasteiger partial charge in [0.1, 0.15) is 0 Å². The first kappa shape index (κ1) is 14.5. The van der Waals surface area contributed by atoms with Gasteiger partial charge >= 0.3 is 0 Å². The number of hydrogen-bond acceptors (Lipinski definition) is 3. The van der Waals surface area contributed by atoms with Crippen molar-refractivity contribution in [2.75, 3.05) is 13.1 Å². The lowest BCUT2D eigenvalue weighted by atomic mass is 10.1. The van der Waals surface area contributed by atoms with Crippen molar-refractivity contribution in [2.24, 2.45) is 0 Å². The molecule has 0 aromatic carbocycles. The van der Waals surface area contributed by atoms with Gasteiger partial charge in [0.25, 0.3) is 0 Å². The summed E-state index contributed by atoms with van der Waals surface area (Å²) in [6.07, 6.45) is 6.52. The van der Waals surface area contributed by atoms with Crippen molar-refractivity contribution >= 4 is 0 Å². The highest BCUT2D eigenvalue weighted by Crippen LogP contribution is 2.22. The zero-order valence-corrected chi connectivity index (χ0v) is 12.8. The van der Waals surface area contributed by atoms with Gasteiger partial charge in [-0.3, -0.25) is 4.90 Å². The second-order valence-corrected chi connectivity index (χ2v) is 6.09. The molecular formula is C15H28N4. The molecule has 1 fully saturated rings. The van der Waals surface area contributed by atoms with Crippen molar-refractivity contribution in [2.45, 2.75) is 65.2 Å². The molecule has 0 unspecified atom stereocenters. The minimum atomic E-state index is 0.508. The van der Waals surface area contributed by atoms with E-state index in [1.54, 1.807) is 0 Å².